The van der Waals surface area contributed by atoms with Crippen LogP contribution in [-0.4, -0.2) is 42.1 Å². The number of rotatable bonds is 7. The number of nitrogens with two attached hydrogens (primary N) is 1. The van der Waals surface area contributed by atoms with E-state index in [1.54, 1.807) is 0 Å². The Morgan fingerprint density at radius 3 is 2.16 bits per heavy atom. The van der Waals surface area contributed by atoms with E-state index in [2.05, 4.69) is 10.1 Å². The SMILES string of the molecule is COC(=O)[C@H](CC(C)C)NC(C)=O.N[C@@H](Cc1ccccc1)C(=O)O. The summed E-state index contributed by atoms with van der Waals surface area (Å²) in [6.07, 6.45) is 0.989. The lowest BCUT2D eigenvalue weighted by Crippen LogP contribution is -2.41. The first kappa shape index (κ1) is 22.6. The van der Waals surface area contributed by atoms with Gasteiger partial charge in [-0.2, -0.15) is 0 Å². The number of esters is 1. The summed E-state index contributed by atoms with van der Waals surface area (Å²) in [5.41, 5.74) is 6.30. The van der Waals surface area contributed by atoms with Crippen LogP contribution in [0.3, 0.4) is 0 Å². The average Bonchev–Trinajstić information content (AvgIpc) is 2.54. The summed E-state index contributed by atoms with van der Waals surface area (Å²) in [5.74, 6) is -1.21. The van der Waals surface area contributed by atoms with Crippen molar-refractivity contribution in [2.75, 3.05) is 7.11 Å². The fourth-order valence-electron chi connectivity index (χ4n) is 2.03. The number of nitrogens with one attached hydrogen (secondary N) is 1. The third kappa shape index (κ3) is 10.9. The summed E-state index contributed by atoms with van der Waals surface area (Å²) in [6.45, 7) is 5.35. The highest BCUT2D eigenvalue weighted by Gasteiger charge is 2.20. The van der Waals surface area contributed by atoms with Gasteiger partial charge in [0, 0.05) is 6.92 Å². The molecule has 0 spiro atoms. The minimum atomic E-state index is -0.959. The number of ether oxygens (including phenoxy) is 1. The zero-order valence-corrected chi connectivity index (χ0v) is 15.2. The van der Waals surface area contributed by atoms with Gasteiger partial charge in [-0.1, -0.05) is 44.2 Å². The van der Waals surface area contributed by atoms with Crippen LogP contribution in [0.2, 0.25) is 0 Å². The largest absolute Gasteiger partial charge is 0.480 e. The highest BCUT2D eigenvalue weighted by Crippen LogP contribution is 2.05. The topological polar surface area (TPSA) is 119 Å². The second kappa shape index (κ2) is 12.0. The van der Waals surface area contributed by atoms with E-state index in [9.17, 15) is 14.4 Å². The number of hydrogen-bond acceptors (Lipinski definition) is 5. The van der Waals surface area contributed by atoms with Crippen LogP contribution >= 0.6 is 0 Å². The van der Waals surface area contributed by atoms with Crippen molar-refractivity contribution in [1.82, 2.24) is 5.32 Å². The van der Waals surface area contributed by atoms with Crippen molar-refractivity contribution in [2.24, 2.45) is 11.7 Å². The number of methoxy groups -OCH3 is 1. The number of amides is 1. The summed E-state index contributed by atoms with van der Waals surface area (Å²) in [7, 11) is 1.32. The molecule has 0 saturated carbocycles. The second-order valence-corrected chi connectivity index (χ2v) is 6.04. The van der Waals surface area contributed by atoms with Gasteiger partial charge in [0.1, 0.15) is 12.1 Å². The molecule has 0 aliphatic rings. The molecule has 0 radical (unpaired) electrons. The molecule has 1 aromatic rings. The van der Waals surface area contributed by atoms with Gasteiger partial charge in [0.2, 0.25) is 5.91 Å². The summed E-state index contributed by atoms with van der Waals surface area (Å²) >= 11 is 0. The molecule has 1 rings (SSSR count). The minimum Gasteiger partial charge on any atom is -0.480 e. The van der Waals surface area contributed by atoms with Crippen molar-refractivity contribution in [3.8, 4) is 0 Å². The Morgan fingerprint density at radius 2 is 1.76 bits per heavy atom. The van der Waals surface area contributed by atoms with Crippen LogP contribution < -0.4 is 11.1 Å². The molecule has 25 heavy (non-hydrogen) atoms. The average molecular weight is 352 g/mol. The van der Waals surface area contributed by atoms with Crippen LogP contribution in [0.25, 0.3) is 0 Å². The smallest absolute Gasteiger partial charge is 0.328 e. The summed E-state index contributed by atoms with van der Waals surface area (Å²) in [5, 5.41) is 11.1. The van der Waals surface area contributed by atoms with Crippen LogP contribution in [0.15, 0.2) is 30.3 Å². The Kier molecular flexibility index (Phi) is 10.9. The number of hydrogen-bond donors (Lipinski definition) is 3. The van der Waals surface area contributed by atoms with E-state index in [4.69, 9.17) is 10.8 Å². The van der Waals surface area contributed by atoms with Crippen molar-refractivity contribution in [3.05, 3.63) is 35.9 Å². The van der Waals surface area contributed by atoms with Gasteiger partial charge >= 0.3 is 11.9 Å². The molecule has 4 N–H and O–H groups in total. The van der Waals surface area contributed by atoms with Crippen LogP contribution in [0, 0.1) is 5.92 Å². The Balaban J connectivity index is 0.000000462. The highest BCUT2D eigenvalue weighted by atomic mass is 16.5. The molecule has 0 heterocycles. The van der Waals surface area contributed by atoms with Gasteiger partial charge in [0.15, 0.2) is 0 Å². The molecule has 0 fully saturated rings. The van der Waals surface area contributed by atoms with Crippen molar-refractivity contribution >= 4 is 17.8 Å². The van der Waals surface area contributed by atoms with Gasteiger partial charge in [-0.05, 0) is 24.3 Å². The molecule has 7 nitrogen and oxygen atoms in total. The number of benzene rings is 1. The first-order chi connectivity index (χ1) is 11.7. The zero-order chi connectivity index (χ0) is 19.4. The molecule has 1 aromatic carbocycles. The maximum atomic E-state index is 11.1. The molecule has 0 saturated heterocycles. The molecule has 2 atom stereocenters. The molecule has 0 aromatic heterocycles. The lowest BCUT2D eigenvalue weighted by atomic mass is 10.0. The Morgan fingerprint density at radius 1 is 1.20 bits per heavy atom. The van der Waals surface area contributed by atoms with E-state index < -0.39 is 18.1 Å². The predicted octanol–water partition coefficient (Wildman–Crippen LogP) is 1.35. The van der Waals surface area contributed by atoms with Crippen LogP contribution in [0.5, 0.6) is 0 Å². The van der Waals surface area contributed by atoms with Crippen LogP contribution in [-0.2, 0) is 25.5 Å². The maximum Gasteiger partial charge on any atom is 0.328 e. The third-order valence-corrected chi connectivity index (χ3v) is 3.19. The third-order valence-electron chi connectivity index (χ3n) is 3.19. The quantitative estimate of drug-likeness (QED) is 0.637. The normalized spacial score (nSPS) is 12.4. The molecule has 0 bridgehead atoms. The van der Waals surface area contributed by atoms with Crippen LogP contribution in [0.4, 0.5) is 0 Å². The Hall–Kier alpha value is -2.41. The van der Waals surface area contributed by atoms with E-state index in [1.165, 1.54) is 14.0 Å². The van der Waals surface area contributed by atoms with Crippen molar-refractivity contribution in [3.63, 3.8) is 0 Å². The number of carbonyl (C=O) groups is 3. The minimum absolute atomic E-state index is 0.212. The van der Waals surface area contributed by atoms with Gasteiger partial charge in [-0.15, -0.1) is 0 Å². The number of aliphatic carboxylic acids is 1. The second-order valence-electron chi connectivity index (χ2n) is 6.04. The zero-order valence-electron chi connectivity index (χ0n) is 15.2. The number of carboxylic acids is 1. The van der Waals surface area contributed by atoms with E-state index in [0.29, 0.717) is 18.8 Å². The Labute approximate surface area is 148 Å². The Bertz CT molecular complexity index is 546. The van der Waals surface area contributed by atoms with Crippen molar-refractivity contribution in [1.29, 1.82) is 0 Å². The predicted molar refractivity (Wildman–Crippen MR) is 94.8 cm³/mol. The molecular formula is C18H28N2O5. The molecule has 0 aliphatic heterocycles. The van der Waals surface area contributed by atoms with Gasteiger partial charge in [-0.3, -0.25) is 9.59 Å². The molecule has 140 valence electrons. The van der Waals surface area contributed by atoms with Gasteiger partial charge < -0.3 is 20.9 Å². The lowest BCUT2D eigenvalue weighted by Gasteiger charge is -2.16. The lowest BCUT2D eigenvalue weighted by molar-refractivity contribution is -0.145. The molecule has 0 aliphatic carbocycles. The van der Waals surface area contributed by atoms with Gasteiger partial charge in [0.05, 0.1) is 7.11 Å². The monoisotopic (exact) mass is 352 g/mol. The number of carbonyl (C=O) groups excluding carboxylic acids is 2. The standard InChI is InChI=1S/C9H17NO3.C9H11NO2/c1-6(2)5-8(9(12)13-4)10-7(3)11;10-8(9(11)12)6-7-4-2-1-3-5-7/h6,8H,5H2,1-4H3,(H,10,11);1-5,8H,6,10H2,(H,11,12)/t2*8-/m00/s1. The van der Waals surface area contributed by atoms with Gasteiger partial charge in [-0.25, -0.2) is 4.79 Å². The van der Waals surface area contributed by atoms with E-state index in [1.807, 2.05) is 44.2 Å². The van der Waals surface area contributed by atoms with E-state index in [0.717, 1.165) is 5.56 Å². The molecule has 7 heteroatoms. The first-order valence-electron chi connectivity index (χ1n) is 8.04. The highest BCUT2D eigenvalue weighted by molar-refractivity contribution is 5.83. The van der Waals surface area contributed by atoms with Gasteiger partial charge in [0.25, 0.3) is 0 Å². The first-order valence-corrected chi connectivity index (χ1v) is 8.04. The maximum absolute atomic E-state index is 11.1. The van der Waals surface area contributed by atoms with Crippen LogP contribution in [0.1, 0.15) is 32.8 Å². The number of carboxylic acid groups (broad SMARTS) is 1. The fraction of sp³-hybridized carbons (Fsp3) is 0.500. The van der Waals surface area contributed by atoms with Crippen molar-refractivity contribution < 1.29 is 24.2 Å². The van der Waals surface area contributed by atoms with E-state index >= 15 is 0 Å². The fourth-order valence-corrected chi connectivity index (χ4v) is 2.03. The molecule has 0 unspecified atom stereocenters. The van der Waals surface area contributed by atoms with Crippen molar-refractivity contribution in [2.45, 2.75) is 45.7 Å². The molecular weight excluding hydrogens is 324 g/mol. The summed E-state index contributed by atoms with van der Waals surface area (Å²) < 4.78 is 4.56. The molecule has 1 amide bonds. The van der Waals surface area contributed by atoms with E-state index in [-0.39, 0.29) is 11.9 Å². The summed E-state index contributed by atoms with van der Waals surface area (Å²) in [4.78, 5) is 32.3. The summed E-state index contributed by atoms with van der Waals surface area (Å²) in [6, 6.07) is 8.03.